The number of benzene rings is 1. The van der Waals surface area contributed by atoms with Crippen molar-refractivity contribution in [2.75, 3.05) is 5.32 Å². The lowest BCUT2D eigenvalue weighted by Crippen LogP contribution is -2.00. The third-order valence-electron chi connectivity index (χ3n) is 2.16. The fraction of sp³-hybridized carbons (Fsp3) is 0.0833. The molecule has 1 heterocycles. The molecule has 4 heteroatoms. The van der Waals surface area contributed by atoms with Crippen LogP contribution in [-0.2, 0) is 6.54 Å². The van der Waals surface area contributed by atoms with E-state index in [0.717, 1.165) is 15.7 Å². The van der Waals surface area contributed by atoms with Gasteiger partial charge in [0.2, 0.25) is 0 Å². The maximum absolute atomic E-state index is 12.8. The average molecular weight is 281 g/mol. The van der Waals surface area contributed by atoms with Crippen molar-refractivity contribution in [1.29, 1.82) is 0 Å². The Balaban J connectivity index is 2.05. The third kappa shape index (κ3) is 2.79. The van der Waals surface area contributed by atoms with Gasteiger partial charge in [-0.25, -0.2) is 4.39 Å². The first-order valence-electron chi connectivity index (χ1n) is 4.83. The quantitative estimate of drug-likeness (QED) is 0.929. The Hall–Kier alpha value is -1.42. The number of halogens is 2. The minimum Gasteiger partial charge on any atom is -0.380 e. The van der Waals surface area contributed by atoms with Gasteiger partial charge >= 0.3 is 0 Å². The van der Waals surface area contributed by atoms with Crippen molar-refractivity contribution >= 4 is 21.6 Å². The fourth-order valence-electron chi connectivity index (χ4n) is 1.33. The molecule has 0 bridgehead atoms. The van der Waals surface area contributed by atoms with Crippen molar-refractivity contribution in [3.63, 3.8) is 0 Å². The lowest BCUT2D eigenvalue weighted by atomic mass is 10.2. The van der Waals surface area contributed by atoms with Crippen molar-refractivity contribution in [2.24, 2.45) is 0 Å². The Labute approximate surface area is 102 Å². The molecule has 0 aliphatic rings. The predicted molar refractivity (Wildman–Crippen MR) is 65.7 cm³/mol. The van der Waals surface area contributed by atoms with E-state index < -0.39 is 0 Å². The molecule has 16 heavy (non-hydrogen) atoms. The molecule has 1 aromatic heterocycles. The summed E-state index contributed by atoms with van der Waals surface area (Å²) in [7, 11) is 0. The van der Waals surface area contributed by atoms with Crippen LogP contribution in [0.3, 0.4) is 0 Å². The fourth-order valence-corrected chi connectivity index (χ4v) is 1.82. The zero-order valence-electron chi connectivity index (χ0n) is 8.45. The van der Waals surface area contributed by atoms with Crippen LogP contribution < -0.4 is 5.32 Å². The second-order valence-corrected chi connectivity index (χ2v) is 4.19. The van der Waals surface area contributed by atoms with Gasteiger partial charge in [0.25, 0.3) is 0 Å². The predicted octanol–water partition coefficient (Wildman–Crippen LogP) is 3.60. The molecular weight excluding hydrogens is 271 g/mol. The molecule has 0 amide bonds. The second kappa shape index (κ2) is 5.07. The Bertz CT molecular complexity index is 474. The van der Waals surface area contributed by atoms with Crippen LogP contribution in [0.4, 0.5) is 10.1 Å². The Kier molecular flexibility index (Phi) is 3.51. The van der Waals surface area contributed by atoms with Crippen LogP contribution in [0.5, 0.6) is 0 Å². The smallest absolute Gasteiger partial charge is 0.124 e. The molecule has 0 atom stereocenters. The van der Waals surface area contributed by atoms with E-state index in [0.29, 0.717) is 6.54 Å². The number of aromatic nitrogens is 1. The first kappa shape index (κ1) is 11.1. The normalized spacial score (nSPS) is 10.1. The molecule has 1 N–H and O–H groups in total. The highest BCUT2D eigenvalue weighted by Crippen LogP contribution is 2.23. The molecule has 0 unspecified atom stereocenters. The van der Waals surface area contributed by atoms with Gasteiger partial charge < -0.3 is 5.32 Å². The summed E-state index contributed by atoms with van der Waals surface area (Å²) in [4.78, 5) is 3.94. The summed E-state index contributed by atoms with van der Waals surface area (Å²) in [5, 5.41) is 3.22. The zero-order chi connectivity index (χ0) is 11.4. The van der Waals surface area contributed by atoms with E-state index in [1.165, 1.54) is 12.1 Å². The molecule has 0 fully saturated rings. The van der Waals surface area contributed by atoms with Crippen LogP contribution in [0, 0.1) is 5.82 Å². The van der Waals surface area contributed by atoms with Crippen LogP contribution in [0.2, 0.25) is 0 Å². The third-order valence-corrected chi connectivity index (χ3v) is 2.82. The molecule has 0 aliphatic heterocycles. The van der Waals surface area contributed by atoms with Crippen LogP contribution >= 0.6 is 15.9 Å². The summed E-state index contributed by atoms with van der Waals surface area (Å²) < 4.78 is 13.6. The van der Waals surface area contributed by atoms with Crippen LogP contribution in [0.1, 0.15) is 5.56 Å². The van der Waals surface area contributed by atoms with Gasteiger partial charge in [-0.3, -0.25) is 4.98 Å². The largest absolute Gasteiger partial charge is 0.380 e. The molecule has 2 aromatic rings. The van der Waals surface area contributed by atoms with Crippen molar-refractivity contribution in [2.45, 2.75) is 6.54 Å². The lowest BCUT2D eigenvalue weighted by molar-refractivity contribution is 0.627. The van der Waals surface area contributed by atoms with Gasteiger partial charge in [-0.05, 0) is 51.8 Å². The van der Waals surface area contributed by atoms with E-state index in [-0.39, 0.29) is 5.82 Å². The summed E-state index contributed by atoms with van der Waals surface area (Å²) in [5.41, 5.74) is 2.00. The van der Waals surface area contributed by atoms with E-state index >= 15 is 0 Å². The highest BCUT2D eigenvalue weighted by molar-refractivity contribution is 9.10. The number of pyridine rings is 1. The number of rotatable bonds is 3. The number of anilines is 1. The molecule has 2 nitrogen and oxygen atoms in total. The van der Waals surface area contributed by atoms with Gasteiger partial charge in [0.05, 0.1) is 0 Å². The van der Waals surface area contributed by atoms with E-state index in [1.54, 1.807) is 18.5 Å². The average Bonchev–Trinajstić information content (AvgIpc) is 2.29. The van der Waals surface area contributed by atoms with Gasteiger partial charge in [0.15, 0.2) is 0 Å². The second-order valence-electron chi connectivity index (χ2n) is 3.33. The highest BCUT2D eigenvalue weighted by atomic mass is 79.9. The maximum Gasteiger partial charge on any atom is 0.124 e. The van der Waals surface area contributed by atoms with Crippen LogP contribution in [-0.4, -0.2) is 4.98 Å². The van der Waals surface area contributed by atoms with Gasteiger partial charge in [-0.1, -0.05) is 0 Å². The maximum atomic E-state index is 12.8. The first-order valence-corrected chi connectivity index (χ1v) is 5.63. The molecule has 0 saturated heterocycles. The van der Waals surface area contributed by atoms with Gasteiger partial charge in [0.1, 0.15) is 5.82 Å². The number of hydrogen-bond donors (Lipinski definition) is 1. The van der Waals surface area contributed by atoms with Crippen molar-refractivity contribution < 1.29 is 4.39 Å². The van der Waals surface area contributed by atoms with Crippen LogP contribution in [0.15, 0.2) is 47.2 Å². The standard InChI is InChI=1S/C12H10BrFN2/c13-11-7-10(14)1-2-12(11)16-8-9-3-5-15-6-4-9/h1-7,16H,8H2. The topological polar surface area (TPSA) is 24.9 Å². The molecule has 0 radical (unpaired) electrons. The molecule has 2 rings (SSSR count). The summed E-state index contributed by atoms with van der Waals surface area (Å²) >= 11 is 3.31. The summed E-state index contributed by atoms with van der Waals surface area (Å²) in [6, 6.07) is 8.45. The van der Waals surface area contributed by atoms with E-state index in [9.17, 15) is 4.39 Å². The zero-order valence-corrected chi connectivity index (χ0v) is 10.0. The summed E-state index contributed by atoms with van der Waals surface area (Å²) in [5.74, 6) is -0.249. The number of hydrogen-bond acceptors (Lipinski definition) is 2. The summed E-state index contributed by atoms with van der Waals surface area (Å²) in [6.45, 7) is 0.687. The van der Waals surface area contributed by atoms with Crippen LogP contribution in [0.25, 0.3) is 0 Å². The molecule has 0 saturated carbocycles. The van der Waals surface area contributed by atoms with Gasteiger partial charge in [0, 0.05) is 29.1 Å². The number of nitrogens with one attached hydrogen (secondary N) is 1. The molecule has 0 spiro atoms. The minimum atomic E-state index is -0.249. The Morgan fingerprint density at radius 1 is 1.19 bits per heavy atom. The lowest BCUT2D eigenvalue weighted by Gasteiger charge is -2.08. The molecular formula is C12H10BrFN2. The monoisotopic (exact) mass is 280 g/mol. The van der Waals surface area contributed by atoms with Crippen molar-refractivity contribution in [1.82, 2.24) is 4.98 Å². The molecule has 1 aromatic carbocycles. The van der Waals surface area contributed by atoms with Crippen molar-refractivity contribution in [3.8, 4) is 0 Å². The summed E-state index contributed by atoms with van der Waals surface area (Å²) in [6.07, 6.45) is 3.49. The minimum absolute atomic E-state index is 0.249. The Morgan fingerprint density at radius 2 is 1.94 bits per heavy atom. The van der Waals surface area contributed by atoms with E-state index in [2.05, 4.69) is 26.2 Å². The van der Waals surface area contributed by atoms with Crippen molar-refractivity contribution in [3.05, 3.63) is 58.6 Å². The first-order chi connectivity index (χ1) is 7.75. The van der Waals surface area contributed by atoms with E-state index in [4.69, 9.17) is 0 Å². The highest BCUT2D eigenvalue weighted by Gasteiger charge is 2.00. The van der Waals surface area contributed by atoms with Gasteiger partial charge in [-0.2, -0.15) is 0 Å². The van der Waals surface area contributed by atoms with E-state index in [1.807, 2.05) is 12.1 Å². The number of nitrogens with zero attached hydrogens (tertiary/aromatic N) is 1. The SMILES string of the molecule is Fc1ccc(NCc2ccncc2)c(Br)c1. The molecule has 0 aliphatic carbocycles. The Morgan fingerprint density at radius 3 is 2.62 bits per heavy atom. The molecule has 82 valence electrons. The van der Waals surface area contributed by atoms with Gasteiger partial charge in [-0.15, -0.1) is 0 Å².